The van der Waals surface area contributed by atoms with E-state index in [2.05, 4.69) is 9.71 Å². The summed E-state index contributed by atoms with van der Waals surface area (Å²) in [6.07, 6.45) is 1.49. The van der Waals surface area contributed by atoms with E-state index in [1.807, 2.05) is 0 Å². The fraction of sp³-hybridized carbons (Fsp3) is 0. The van der Waals surface area contributed by atoms with Crippen LogP contribution in [0.3, 0.4) is 0 Å². The van der Waals surface area contributed by atoms with Crippen molar-refractivity contribution in [1.82, 2.24) is 4.98 Å². The second-order valence-electron chi connectivity index (χ2n) is 4.71. The summed E-state index contributed by atoms with van der Waals surface area (Å²) in [5, 5.41) is 9.66. The van der Waals surface area contributed by atoms with Crippen LogP contribution in [-0.4, -0.2) is 13.4 Å². The molecule has 1 N–H and O–H groups in total. The summed E-state index contributed by atoms with van der Waals surface area (Å²) in [5.74, 6) is -0.788. The Morgan fingerprint density at radius 3 is 2.61 bits per heavy atom. The lowest BCUT2D eigenvalue weighted by Gasteiger charge is -2.11. The summed E-state index contributed by atoms with van der Waals surface area (Å²) >= 11 is 0. The molecule has 0 bridgehead atoms. The van der Waals surface area contributed by atoms with E-state index >= 15 is 0 Å². The molecule has 0 spiro atoms. The van der Waals surface area contributed by atoms with Gasteiger partial charge in [0.15, 0.2) is 0 Å². The summed E-state index contributed by atoms with van der Waals surface area (Å²) in [5.41, 5.74) is -0.165. The predicted octanol–water partition coefficient (Wildman–Crippen LogP) is 3.05. The monoisotopic (exact) mass is 327 g/mol. The van der Waals surface area contributed by atoms with E-state index in [1.54, 1.807) is 30.3 Å². The van der Waals surface area contributed by atoms with Crippen molar-refractivity contribution in [3.8, 4) is 6.07 Å². The quantitative estimate of drug-likeness (QED) is 0.801. The number of hydrogen-bond acceptors (Lipinski definition) is 4. The Labute approximate surface area is 132 Å². The smallest absolute Gasteiger partial charge is 0.264 e. The van der Waals surface area contributed by atoms with Gasteiger partial charge in [0.2, 0.25) is 0 Å². The maximum Gasteiger partial charge on any atom is 0.264 e. The molecule has 0 fully saturated rings. The first-order valence-electron chi connectivity index (χ1n) is 6.58. The molecule has 3 aromatic rings. The average Bonchev–Trinajstić information content (AvgIpc) is 2.54. The minimum atomic E-state index is -4.02. The Kier molecular flexibility index (Phi) is 3.68. The zero-order valence-corrected chi connectivity index (χ0v) is 12.5. The van der Waals surface area contributed by atoms with E-state index in [0.717, 1.165) is 6.07 Å². The van der Waals surface area contributed by atoms with Gasteiger partial charge in [0.05, 0.1) is 11.2 Å². The predicted molar refractivity (Wildman–Crippen MR) is 83.7 cm³/mol. The number of sulfonamides is 1. The Hall–Kier alpha value is -2.98. The minimum Gasteiger partial charge on any atom is -0.278 e. The molecule has 2 aromatic carbocycles. The third-order valence-corrected chi connectivity index (χ3v) is 4.65. The van der Waals surface area contributed by atoms with Crippen LogP contribution in [0.4, 0.5) is 10.1 Å². The molecule has 1 aromatic heterocycles. The fourth-order valence-electron chi connectivity index (χ4n) is 2.22. The number of nitrogens with zero attached hydrogens (tertiary/aromatic N) is 2. The van der Waals surface area contributed by atoms with Crippen LogP contribution < -0.4 is 4.72 Å². The summed E-state index contributed by atoms with van der Waals surface area (Å²) in [6, 6.07) is 13.6. The van der Waals surface area contributed by atoms with Gasteiger partial charge in [-0.05, 0) is 24.3 Å². The van der Waals surface area contributed by atoms with E-state index in [9.17, 15) is 12.8 Å². The number of hydrogen-bond donors (Lipinski definition) is 1. The van der Waals surface area contributed by atoms with Crippen LogP contribution in [0.25, 0.3) is 10.9 Å². The molecule has 0 atom stereocenters. The normalized spacial score (nSPS) is 11.1. The summed E-state index contributed by atoms with van der Waals surface area (Å²) in [4.78, 5) is 4.05. The zero-order valence-electron chi connectivity index (χ0n) is 11.7. The van der Waals surface area contributed by atoms with Crippen LogP contribution in [0.15, 0.2) is 59.6 Å². The number of anilines is 1. The van der Waals surface area contributed by atoms with Gasteiger partial charge >= 0.3 is 0 Å². The van der Waals surface area contributed by atoms with Crippen molar-refractivity contribution in [3.63, 3.8) is 0 Å². The Morgan fingerprint density at radius 2 is 1.83 bits per heavy atom. The number of fused-ring (bicyclic) bond motifs is 1. The van der Waals surface area contributed by atoms with Gasteiger partial charge in [-0.25, -0.2) is 12.8 Å². The van der Waals surface area contributed by atoms with Crippen LogP contribution in [-0.2, 0) is 10.0 Å². The van der Waals surface area contributed by atoms with E-state index in [-0.39, 0.29) is 16.1 Å². The molecular weight excluding hydrogens is 317 g/mol. The average molecular weight is 327 g/mol. The summed E-state index contributed by atoms with van der Waals surface area (Å²) in [7, 11) is -4.02. The topological polar surface area (TPSA) is 82.9 Å². The lowest BCUT2D eigenvalue weighted by molar-refractivity contribution is 0.601. The molecule has 0 saturated carbocycles. The molecule has 5 nitrogen and oxygen atoms in total. The van der Waals surface area contributed by atoms with Crippen LogP contribution in [0.5, 0.6) is 0 Å². The lowest BCUT2D eigenvalue weighted by atomic mass is 10.2. The van der Waals surface area contributed by atoms with Gasteiger partial charge in [-0.15, -0.1) is 0 Å². The first kappa shape index (κ1) is 14.9. The number of rotatable bonds is 3. The minimum absolute atomic E-state index is 0.0382. The highest BCUT2D eigenvalue weighted by Gasteiger charge is 2.20. The maximum atomic E-state index is 13.6. The van der Waals surface area contributed by atoms with Crippen molar-refractivity contribution >= 4 is 26.6 Å². The van der Waals surface area contributed by atoms with Crippen molar-refractivity contribution in [2.75, 3.05) is 4.72 Å². The molecule has 7 heteroatoms. The Bertz CT molecular complexity index is 1040. The molecule has 0 aliphatic heterocycles. The van der Waals surface area contributed by atoms with Gasteiger partial charge in [-0.1, -0.05) is 24.3 Å². The van der Waals surface area contributed by atoms with Crippen molar-refractivity contribution in [3.05, 3.63) is 66.1 Å². The third kappa shape index (κ3) is 2.72. The molecule has 0 aliphatic carbocycles. The summed E-state index contributed by atoms with van der Waals surface area (Å²) in [6.45, 7) is 0. The van der Waals surface area contributed by atoms with Crippen LogP contribution in [0.2, 0.25) is 0 Å². The number of pyridine rings is 1. The largest absolute Gasteiger partial charge is 0.278 e. The Morgan fingerprint density at radius 1 is 1.09 bits per heavy atom. The van der Waals surface area contributed by atoms with Crippen LogP contribution >= 0.6 is 0 Å². The van der Waals surface area contributed by atoms with Gasteiger partial charge < -0.3 is 0 Å². The van der Waals surface area contributed by atoms with Crippen LogP contribution in [0.1, 0.15) is 5.56 Å². The van der Waals surface area contributed by atoms with Crippen molar-refractivity contribution in [1.29, 1.82) is 5.26 Å². The number of nitrogens with one attached hydrogen (secondary N) is 1. The first-order valence-corrected chi connectivity index (χ1v) is 8.06. The van der Waals surface area contributed by atoms with Gasteiger partial charge in [-0.2, -0.15) is 5.26 Å². The number of aromatic nitrogens is 1. The molecule has 1 heterocycles. The second-order valence-corrected chi connectivity index (χ2v) is 6.36. The molecule has 0 amide bonds. The SMILES string of the molecule is N#Cc1c(F)cccc1NS(=O)(=O)c1cccc2cccnc12. The standard InChI is InChI=1S/C16H10FN3O2S/c17-13-6-2-7-14(12(13)10-18)20-23(21,22)15-8-1-4-11-5-3-9-19-16(11)15/h1-9,20H. The number of nitriles is 1. The van der Waals surface area contributed by atoms with E-state index in [0.29, 0.717) is 10.9 Å². The molecule has 114 valence electrons. The van der Waals surface area contributed by atoms with Gasteiger partial charge in [-0.3, -0.25) is 9.71 Å². The third-order valence-electron chi connectivity index (χ3n) is 3.25. The fourth-order valence-corrected chi connectivity index (χ4v) is 3.47. The second kappa shape index (κ2) is 5.66. The first-order chi connectivity index (χ1) is 11.0. The highest BCUT2D eigenvalue weighted by Crippen LogP contribution is 2.25. The molecule has 0 unspecified atom stereocenters. The van der Waals surface area contributed by atoms with E-state index in [4.69, 9.17) is 5.26 Å². The van der Waals surface area contributed by atoms with Gasteiger partial charge in [0.25, 0.3) is 10.0 Å². The van der Waals surface area contributed by atoms with Crippen molar-refractivity contribution in [2.24, 2.45) is 0 Å². The Balaban J connectivity index is 2.13. The number of para-hydroxylation sites is 1. The molecular formula is C16H10FN3O2S. The molecule has 0 aliphatic rings. The summed E-state index contributed by atoms with van der Waals surface area (Å²) < 4.78 is 41.1. The lowest BCUT2D eigenvalue weighted by Crippen LogP contribution is -2.15. The molecule has 23 heavy (non-hydrogen) atoms. The van der Waals surface area contributed by atoms with E-state index in [1.165, 1.54) is 24.4 Å². The number of halogens is 1. The highest BCUT2D eigenvalue weighted by molar-refractivity contribution is 7.93. The molecule has 3 rings (SSSR count). The molecule has 0 saturated heterocycles. The van der Waals surface area contributed by atoms with Crippen molar-refractivity contribution < 1.29 is 12.8 Å². The van der Waals surface area contributed by atoms with Gasteiger partial charge in [0, 0.05) is 11.6 Å². The molecule has 0 radical (unpaired) electrons. The van der Waals surface area contributed by atoms with E-state index < -0.39 is 15.8 Å². The van der Waals surface area contributed by atoms with Gasteiger partial charge in [0.1, 0.15) is 22.3 Å². The number of benzene rings is 2. The van der Waals surface area contributed by atoms with Crippen molar-refractivity contribution in [2.45, 2.75) is 4.90 Å². The van der Waals surface area contributed by atoms with Crippen LogP contribution in [0, 0.1) is 17.1 Å². The highest BCUT2D eigenvalue weighted by atomic mass is 32.2. The maximum absolute atomic E-state index is 13.6. The zero-order chi connectivity index (χ0) is 16.4.